The average Bonchev–Trinajstić information content (AvgIpc) is 3.25. The zero-order valence-corrected chi connectivity index (χ0v) is 16.7. The Bertz CT molecular complexity index is 955. The van der Waals surface area contributed by atoms with Gasteiger partial charge in [0.15, 0.2) is 0 Å². The quantitative estimate of drug-likeness (QED) is 0.632. The number of rotatable bonds is 5. The van der Waals surface area contributed by atoms with Gasteiger partial charge in [-0.3, -0.25) is 9.59 Å². The lowest BCUT2D eigenvalue weighted by atomic mass is 10.3. The summed E-state index contributed by atoms with van der Waals surface area (Å²) in [5, 5.41) is 5.52. The highest BCUT2D eigenvalue weighted by atomic mass is 35.5. The van der Waals surface area contributed by atoms with E-state index in [0.29, 0.717) is 20.7 Å². The van der Waals surface area contributed by atoms with E-state index in [-0.39, 0.29) is 18.4 Å². The van der Waals surface area contributed by atoms with E-state index in [0.717, 1.165) is 9.88 Å². The van der Waals surface area contributed by atoms with Crippen LogP contribution in [0.2, 0.25) is 9.36 Å². The normalized spacial score (nSPS) is 10.6. The van der Waals surface area contributed by atoms with Crippen LogP contribution in [0.3, 0.4) is 0 Å². The Hall–Kier alpha value is -1.93. The van der Waals surface area contributed by atoms with E-state index in [9.17, 15) is 9.59 Å². The van der Waals surface area contributed by atoms with E-state index in [2.05, 4.69) is 10.3 Å². The van der Waals surface area contributed by atoms with E-state index in [4.69, 9.17) is 23.2 Å². The van der Waals surface area contributed by atoms with E-state index >= 15 is 0 Å². The molecule has 1 aromatic carbocycles. The molecule has 1 N–H and O–H groups in total. The third kappa shape index (κ3) is 4.42. The predicted octanol–water partition coefficient (Wildman–Crippen LogP) is 4.89. The molecule has 2 heterocycles. The molecule has 0 saturated carbocycles. The molecule has 0 aliphatic heterocycles. The van der Waals surface area contributed by atoms with Crippen molar-refractivity contribution < 1.29 is 9.59 Å². The first-order valence-electron chi connectivity index (χ1n) is 7.45. The number of nitrogens with zero attached hydrogens (tertiary/aromatic N) is 2. The number of thiazole rings is 1. The van der Waals surface area contributed by atoms with Gasteiger partial charge in [0.1, 0.15) is 10.7 Å². The molecule has 0 bridgehead atoms. The molecule has 0 saturated heterocycles. The van der Waals surface area contributed by atoms with E-state index in [1.54, 1.807) is 42.8 Å². The third-order valence-electron chi connectivity index (χ3n) is 3.38. The Morgan fingerprint density at radius 2 is 1.96 bits per heavy atom. The summed E-state index contributed by atoms with van der Waals surface area (Å²) >= 11 is 14.7. The third-order valence-corrected chi connectivity index (χ3v) is 5.95. The molecule has 0 fully saturated rings. The maximum atomic E-state index is 12.5. The fourth-order valence-electron chi connectivity index (χ4n) is 2.15. The van der Waals surface area contributed by atoms with Crippen molar-refractivity contribution in [3.05, 3.63) is 56.8 Å². The van der Waals surface area contributed by atoms with Gasteiger partial charge in [-0.1, -0.05) is 35.3 Å². The van der Waals surface area contributed by atoms with Crippen molar-refractivity contribution in [3.63, 3.8) is 0 Å². The Kier molecular flexibility index (Phi) is 5.93. The highest BCUT2D eigenvalue weighted by molar-refractivity contribution is 7.23. The molecule has 9 heteroatoms. The smallest absolute Gasteiger partial charge is 0.273 e. The molecule has 0 aliphatic carbocycles. The molecule has 0 radical (unpaired) electrons. The zero-order valence-electron chi connectivity index (χ0n) is 13.5. The summed E-state index contributed by atoms with van der Waals surface area (Å²) in [4.78, 5) is 31.2. The Morgan fingerprint density at radius 3 is 2.65 bits per heavy atom. The summed E-state index contributed by atoms with van der Waals surface area (Å²) < 4.78 is 0.663. The number of carbonyl (C=O) groups is 2. The number of amides is 2. The van der Waals surface area contributed by atoms with Crippen molar-refractivity contribution in [1.29, 1.82) is 0 Å². The molecule has 0 spiro atoms. The molecule has 2 amide bonds. The highest BCUT2D eigenvalue weighted by Crippen LogP contribution is 2.33. The number of aromatic nitrogens is 1. The predicted molar refractivity (Wildman–Crippen MR) is 107 cm³/mol. The fourth-order valence-corrected chi connectivity index (χ4v) is 4.24. The molecule has 0 atom stereocenters. The lowest BCUT2D eigenvalue weighted by Gasteiger charge is -2.16. The number of thiophene rings is 1. The largest absolute Gasteiger partial charge is 0.331 e. The van der Waals surface area contributed by atoms with Gasteiger partial charge in [-0.2, -0.15) is 0 Å². The second-order valence-corrected chi connectivity index (χ2v) is 8.31. The van der Waals surface area contributed by atoms with Crippen molar-refractivity contribution in [2.24, 2.45) is 0 Å². The van der Waals surface area contributed by atoms with Crippen molar-refractivity contribution >= 4 is 63.4 Å². The van der Waals surface area contributed by atoms with Gasteiger partial charge in [-0.05, 0) is 24.3 Å². The summed E-state index contributed by atoms with van der Waals surface area (Å²) in [5.74, 6) is -0.668. The lowest BCUT2D eigenvalue weighted by Crippen LogP contribution is -2.35. The number of carbonyl (C=O) groups excluding carboxylic acids is 2. The monoisotopic (exact) mass is 425 g/mol. The van der Waals surface area contributed by atoms with Crippen LogP contribution in [-0.2, 0) is 4.79 Å². The second kappa shape index (κ2) is 8.18. The molecule has 0 aliphatic rings. The number of para-hydroxylation sites is 1. The minimum absolute atomic E-state index is 0.109. The average molecular weight is 426 g/mol. The van der Waals surface area contributed by atoms with Crippen LogP contribution in [0.5, 0.6) is 0 Å². The SMILES string of the molecule is CN(CC(=O)Nc1ccccc1Cl)C(=O)c1csc(-c2ccc(Cl)s2)n1. The molecule has 134 valence electrons. The molecule has 0 unspecified atom stereocenters. The molecule has 5 nitrogen and oxygen atoms in total. The van der Waals surface area contributed by atoms with Gasteiger partial charge in [0.25, 0.3) is 5.91 Å². The minimum Gasteiger partial charge on any atom is -0.331 e. The number of likely N-dealkylation sites (N-methyl/N-ethyl adjacent to an activating group) is 1. The van der Waals surface area contributed by atoms with Gasteiger partial charge in [0.05, 0.1) is 26.5 Å². The van der Waals surface area contributed by atoms with Crippen molar-refractivity contribution in [1.82, 2.24) is 9.88 Å². The molecular weight excluding hydrogens is 413 g/mol. The van der Waals surface area contributed by atoms with Gasteiger partial charge in [-0.25, -0.2) is 4.98 Å². The first-order valence-corrected chi connectivity index (χ1v) is 9.90. The van der Waals surface area contributed by atoms with Gasteiger partial charge < -0.3 is 10.2 Å². The topological polar surface area (TPSA) is 62.3 Å². The van der Waals surface area contributed by atoms with E-state index < -0.39 is 0 Å². The maximum Gasteiger partial charge on any atom is 0.273 e. The molecular formula is C17H13Cl2N3O2S2. The Labute approximate surface area is 168 Å². The second-order valence-electron chi connectivity index (χ2n) is 5.33. The first-order chi connectivity index (χ1) is 12.4. The Morgan fingerprint density at radius 1 is 1.19 bits per heavy atom. The van der Waals surface area contributed by atoms with Crippen molar-refractivity contribution in [2.75, 3.05) is 18.9 Å². The number of nitrogens with one attached hydrogen (secondary N) is 1. The molecule has 2 aromatic heterocycles. The summed E-state index contributed by atoms with van der Waals surface area (Å²) in [6.07, 6.45) is 0. The number of hydrogen-bond acceptors (Lipinski definition) is 5. The lowest BCUT2D eigenvalue weighted by molar-refractivity contribution is -0.116. The summed E-state index contributed by atoms with van der Waals surface area (Å²) in [6.45, 7) is -0.109. The standard InChI is InChI=1S/C17H13Cl2N3O2S2/c1-22(8-15(23)20-11-5-3-2-4-10(11)18)17(24)12-9-25-16(21-12)13-6-7-14(19)26-13/h2-7,9H,8H2,1H3,(H,20,23). The van der Waals surface area contributed by atoms with Crippen LogP contribution in [0.4, 0.5) is 5.69 Å². The van der Waals surface area contributed by atoms with Gasteiger partial charge in [0, 0.05) is 12.4 Å². The summed E-state index contributed by atoms with van der Waals surface area (Å²) in [7, 11) is 1.55. The van der Waals surface area contributed by atoms with Crippen molar-refractivity contribution in [2.45, 2.75) is 0 Å². The minimum atomic E-state index is -0.338. The first kappa shape index (κ1) is 18.8. The molecule has 26 heavy (non-hydrogen) atoms. The number of benzene rings is 1. The fraction of sp³-hybridized carbons (Fsp3) is 0.118. The molecule has 3 aromatic rings. The van der Waals surface area contributed by atoms with Crippen molar-refractivity contribution in [3.8, 4) is 9.88 Å². The van der Waals surface area contributed by atoms with Crippen LogP contribution in [0.25, 0.3) is 9.88 Å². The summed E-state index contributed by atoms with van der Waals surface area (Å²) in [6, 6.07) is 10.6. The van der Waals surface area contributed by atoms with Gasteiger partial charge in [-0.15, -0.1) is 22.7 Å². The van der Waals surface area contributed by atoms with E-state index in [1.165, 1.54) is 27.6 Å². The highest BCUT2D eigenvalue weighted by Gasteiger charge is 2.19. The Balaban J connectivity index is 1.63. The van der Waals surface area contributed by atoms with Gasteiger partial charge in [0.2, 0.25) is 5.91 Å². The van der Waals surface area contributed by atoms with E-state index in [1.807, 2.05) is 6.07 Å². The maximum absolute atomic E-state index is 12.5. The number of anilines is 1. The number of hydrogen-bond donors (Lipinski definition) is 1. The van der Waals surface area contributed by atoms with Crippen LogP contribution in [0.1, 0.15) is 10.5 Å². The van der Waals surface area contributed by atoms with Crippen LogP contribution < -0.4 is 5.32 Å². The van der Waals surface area contributed by atoms with Crippen LogP contribution in [0.15, 0.2) is 41.8 Å². The molecule has 3 rings (SSSR count). The van der Waals surface area contributed by atoms with Gasteiger partial charge >= 0.3 is 0 Å². The zero-order chi connectivity index (χ0) is 18.7. The number of halogens is 2. The van der Waals surface area contributed by atoms with Crippen LogP contribution >= 0.6 is 45.9 Å². The summed E-state index contributed by atoms with van der Waals surface area (Å²) in [5.41, 5.74) is 0.799. The van der Waals surface area contributed by atoms with Crippen LogP contribution in [-0.4, -0.2) is 35.3 Å². The van der Waals surface area contributed by atoms with Crippen LogP contribution in [0, 0.1) is 0 Å².